The molecule has 0 spiro atoms. The first-order valence-electron chi connectivity index (χ1n) is 6.61. The molecule has 1 atom stereocenters. The Hall–Kier alpha value is -2.60. The highest BCUT2D eigenvalue weighted by atomic mass is 15.0. The van der Waals surface area contributed by atoms with Gasteiger partial charge in [-0.15, -0.1) is 0 Å². The van der Waals surface area contributed by atoms with Crippen molar-refractivity contribution in [3.63, 3.8) is 0 Å². The summed E-state index contributed by atoms with van der Waals surface area (Å²) in [6, 6.07) is 1.81. The summed E-state index contributed by atoms with van der Waals surface area (Å²) in [5.41, 5.74) is 14.9. The van der Waals surface area contributed by atoms with E-state index in [0.29, 0.717) is 12.2 Å². The van der Waals surface area contributed by atoms with E-state index in [2.05, 4.69) is 19.9 Å². The SMILES string of the molecule is CC1=CC=C(N)CC1(N)c1nccc(-c2cncnc2)n1. The summed E-state index contributed by atoms with van der Waals surface area (Å²) >= 11 is 0. The fraction of sp³-hybridized carbons (Fsp3) is 0.200. The summed E-state index contributed by atoms with van der Waals surface area (Å²) in [4.78, 5) is 16.9. The monoisotopic (exact) mass is 280 g/mol. The van der Waals surface area contributed by atoms with Gasteiger partial charge in [0.1, 0.15) is 11.9 Å². The molecule has 0 radical (unpaired) electrons. The number of allylic oxidation sites excluding steroid dienone is 2. The lowest BCUT2D eigenvalue weighted by Gasteiger charge is -2.31. The summed E-state index contributed by atoms with van der Waals surface area (Å²) in [6.45, 7) is 1.96. The molecule has 3 rings (SSSR count). The van der Waals surface area contributed by atoms with Gasteiger partial charge in [-0.2, -0.15) is 0 Å². The van der Waals surface area contributed by atoms with Gasteiger partial charge in [-0.3, -0.25) is 0 Å². The van der Waals surface area contributed by atoms with Crippen LogP contribution >= 0.6 is 0 Å². The van der Waals surface area contributed by atoms with Gasteiger partial charge in [0.15, 0.2) is 5.82 Å². The van der Waals surface area contributed by atoms with E-state index in [9.17, 15) is 0 Å². The highest BCUT2D eigenvalue weighted by molar-refractivity contribution is 5.56. The first-order valence-corrected chi connectivity index (χ1v) is 6.61. The van der Waals surface area contributed by atoms with Crippen molar-refractivity contribution in [3.05, 3.63) is 60.2 Å². The minimum absolute atomic E-state index is 0.504. The zero-order valence-electron chi connectivity index (χ0n) is 11.7. The molecule has 6 nitrogen and oxygen atoms in total. The number of rotatable bonds is 2. The largest absolute Gasteiger partial charge is 0.402 e. The van der Waals surface area contributed by atoms with E-state index in [0.717, 1.165) is 22.5 Å². The van der Waals surface area contributed by atoms with Gasteiger partial charge in [-0.05, 0) is 24.6 Å². The fourth-order valence-corrected chi connectivity index (χ4v) is 2.32. The van der Waals surface area contributed by atoms with Crippen LogP contribution in [0.15, 0.2) is 54.4 Å². The molecule has 0 bridgehead atoms. The third-order valence-corrected chi connectivity index (χ3v) is 3.64. The van der Waals surface area contributed by atoms with Crippen molar-refractivity contribution >= 4 is 0 Å². The summed E-state index contributed by atoms with van der Waals surface area (Å²) in [6.07, 6.45) is 10.9. The Kier molecular flexibility index (Phi) is 3.23. The predicted molar refractivity (Wildman–Crippen MR) is 79.6 cm³/mol. The second-order valence-corrected chi connectivity index (χ2v) is 5.13. The van der Waals surface area contributed by atoms with Gasteiger partial charge < -0.3 is 11.5 Å². The predicted octanol–water partition coefficient (Wildman–Crippen LogP) is 1.28. The molecule has 1 unspecified atom stereocenters. The van der Waals surface area contributed by atoms with Crippen molar-refractivity contribution in [2.45, 2.75) is 18.9 Å². The molecule has 2 aromatic heterocycles. The van der Waals surface area contributed by atoms with E-state index in [1.54, 1.807) is 18.6 Å². The van der Waals surface area contributed by atoms with Crippen LogP contribution in [0.1, 0.15) is 19.2 Å². The Morgan fingerprint density at radius 2 is 1.95 bits per heavy atom. The summed E-state index contributed by atoms with van der Waals surface area (Å²) in [5, 5.41) is 0. The van der Waals surface area contributed by atoms with Gasteiger partial charge in [0.2, 0.25) is 0 Å². The van der Waals surface area contributed by atoms with Gasteiger partial charge in [0.25, 0.3) is 0 Å². The molecule has 6 heteroatoms. The zero-order chi connectivity index (χ0) is 14.9. The van der Waals surface area contributed by atoms with Gasteiger partial charge in [0, 0.05) is 36.3 Å². The van der Waals surface area contributed by atoms with E-state index in [4.69, 9.17) is 11.5 Å². The van der Waals surface area contributed by atoms with Gasteiger partial charge in [0.05, 0.1) is 5.69 Å². The molecule has 21 heavy (non-hydrogen) atoms. The van der Waals surface area contributed by atoms with E-state index < -0.39 is 5.54 Å². The number of aromatic nitrogens is 4. The maximum absolute atomic E-state index is 6.52. The molecule has 1 aliphatic carbocycles. The van der Waals surface area contributed by atoms with E-state index >= 15 is 0 Å². The summed E-state index contributed by atoms with van der Waals surface area (Å²) in [5.74, 6) is 0.550. The molecule has 0 saturated heterocycles. The lowest BCUT2D eigenvalue weighted by Crippen LogP contribution is -2.42. The van der Waals surface area contributed by atoms with Gasteiger partial charge in [-0.25, -0.2) is 19.9 Å². The molecule has 106 valence electrons. The van der Waals surface area contributed by atoms with Crippen LogP contribution in [0.2, 0.25) is 0 Å². The molecule has 0 fully saturated rings. The number of hydrogen-bond acceptors (Lipinski definition) is 6. The number of nitrogens with two attached hydrogens (primary N) is 2. The number of hydrogen-bond donors (Lipinski definition) is 2. The Balaban J connectivity index is 2.05. The van der Waals surface area contributed by atoms with E-state index in [-0.39, 0.29) is 0 Å². The van der Waals surface area contributed by atoms with Gasteiger partial charge >= 0.3 is 0 Å². The fourth-order valence-electron chi connectivity index (χ4n) is 2.32. The minimum atomic E-state index is -0.773. The Bertz CT molecular complexity index is 722. The molecular weight excluding hydrogens is 264 g/mol. The van der Waals surface area contributed by atoms with Crippen molar-refractivity contribution in [1.29, 1.82) is 0 Å². The highest BCUT2D eigenvalue weighted by Crippen LogP contribution is 2.33. The lowest BCUT2D eigenvalue weighted by atomic mass is 9.82. The third-order valence-electron chi connectivity index (χ3n) is 3.64. The second kappa shape index (κ2) is 5.06. The van der Waals surface area contributed by atoms with Crippen molar-refractivity contribution in [3.8, 4) is 11.3 Å². The van der Waals surface area contributed by atoms with Crippen LogP contribution in [0.25, 0.3) is 11.3 Å². The average molecular weight is 280 g/mol. The molecule has 0 aromatic carbocycles. The Morgan fingerprint density at radius 3 is 2.71 bits per heavy atom. The van der Waals surface area contributed by atoms with Crippen LogP contribution in [0.4, 0.5) is 0 Å². The summed E-state index contributed by atoms with van der Waals surface area (Å²) < 4.78 is 0. The molecule has 2 aromatic rings. The van der Waals surface area contributed by atoms with Crippen LogP contribution in [0.5, 0.6) is 0 Å². The number of nitrogens with zero attached hydrogens (tertiary/aromatic N) is 4. The quantitative estimate of drug-likeness (QED) is 0.858. The first-order chi connectivity index (χ1) is 10.1. The topological polar surface area (TPSA) is 104 Å². The lowest BCUT2D eigenvalue weighted by molar-refractivity contribution is 0.478. The van der Waals surface area contributed by atoms with Crippen LogP contribution in [-0.4, -0.2) is 19.9 Å². The maximum atomic E-state index is 6.52. The van der Waals surface area contributed by atoms with Crippen molar-refractivity contribution in [1.82, 2.24) is 19.9 Å². The standard InChI is InChI=1S/C15H16N6/c1-10-2-3-12(16)6-15(10,17)14-20-5-4-13(21-14)11-7-18-9-19-8-11/h2-5,7-9H,6,16-17H2,1H3. The van der Waals surface area contributed by atoms with Crippen molar-refractivity contribution in [2.24, 2.45) is 11.5 Å². The van der Waals surface area contributed by atoms with E-state index in [1.165, 1.54) is 6.33 Å². The molecule has 1 aliphatic rings. The van der Waals surface area contributed by atoms with Crippen LogP contribution in [0.3, 0.4) is 0 Å². The first kappa shape index (κ1) is 13.4. The Morgan fingerprint density at radius 1 is 1.19 bits per heavy atom. The molecular formula is C15H16N6. The van der Waals surface area contributed by atoms with Crippen molar-refractivity contribution in [2.75, 3.05) is 0 Å². The van der Waals surface area contributed by atoms with Crippen molar-refractivity contribution < 1.29 is 0 Å². The molecule has 2 heterocycles. The normalized spacial score (nSPS) is 21.6. The van der Waals surface area contributed by atoms with Gasteiger partial charge in [-0.1, -0.05) is 6.08 Å². The van der Waals surface area contributed by atoms with E-state index in [1.807, 2.05) is 25.1 Å². The summed E-state index contributed by atoms with van der Waals surface area (Å²) in [7, 11) is 0. The third kappa shape index (κ3) is 2.41. The highest BCUT2D eigenvalue weighted by Gasteiger charge is 2.35. The second-order valence-electron chi connectivity index (χ2n) is 5.13. The minimum Gasteiger partial charge on any atom is -0.402 e. The Labute approximate surface area is 122 Å². The molecule has 0 saturated carbocycles. The molecule has 0 aliphatic heterocycles. The maximum Gasteiger partial charge on any atom is 0.153 e. The van der Waals surface area contributed by atoms with Crippen LogP contribution in [0, 0.1) is 0 Å². The average Bonchev–Trinajstić information content (AvgIpc) is 2.52. The van der Waals surface area contributed by atoms with Crippen LogP contribution in [-0.2, 0) is 5.54 Å². The zero-order valence-corrected chi connectivity index (χ0v) is 11.7. The smallest absolute Gasteiger partial charge is 0.153 e. The molecule has 4 N–H and O–H groups in total. The molecule has 0 amide bonds. The van der Waals surface area contributed by atoms with Crippen LogP contribution < -0.4 is 11.5 Å².